The third-order valence-electron chi connectivity index (χ3n) is 5.92. The van der Waals surface area contributed by atoms with Gasteiger partial charge in [-0.15, -0.1) is 0 Å². The minimum absolute atomic E-state index is 0.0260. The minimum Gasteiger partial charge on any atom is -0.507 e. The molecule has 0 spiro atoms. The van der Waals surface area contributed by atoms with Crippen molar-refractivity contribution in [1.82, 2.24) is 4.90 Å². The molecule has 1 atom stereocenters. The molecule has 0 bridgehead atoms. The van der Waals surface area contributed by atoms with Crippen LogP contribution in [0.3, 0.4) is 0 Å². The molecule has 0 radical (unpaired) electrons. The molecule has 1 unspecified atom stereocenters. The van der Waals surface area contributed by atoms with Crippen LogP contribution < -0.4 is 4.74 Å². The standard InChI is InChI=1S/C24H25NO4/c1-15-6-5-7-17(14-15)21-20(22(26)16-10-12-19(29-2)13-11-16)23(27)24(28)25(21)18-8-3-4-9-18/h5-7,10-14,18,21,26H,3-4,8-9H2,1-2H3/b22-20-. The Kier molecular flexibility index (Phi) is 5.14. The number of Topliss-reactive ketones (excluding diaryl/α,β-unsaturated/α-hetero) is 1. The predicted molar refractivity (Wildman–Crippen MR) is 111 cm³/mol. The van der Waals surface area contributed by atoms with Crippen molar-refractivity contribution >= 4 is 17.4 Å². The van der Waals surface area contributed by atoms with Crippen LogP contribution in [0.2, 0.25) is 0 Å². The van der Waals surface area contributed by atoms with Crippen LogP contribution in [0.4, 0.5) is 0 Å². The van der Waals surface area contributed by atoms with Crippen molar-refractivity contribution in [3.05, 3.63) is 70.8 Å². The third kappa shape index (κ3) is 3.41. The van der Waals surface area contributed by atoms with E-state index < -0.39 is 17.7 Å². The van der Waals surface area contributed by atoms with Crippen LogP contribution in [0.25, 0.3) is 5.76 Å². The molecule has 1 N–H and O–H groups in total. The fraction of sp³-hybridized carbons (Fsp3) is 0.333. The van der Waals surface area contributed by atoms with E-state index in [1.54, 1.807) is 36.3 Å². The highest BCUT2D eigenvalue weighted by molar-refractivity contribution is 6.46. The number of hydrogen-bond acceptors (Lipinski definition) is 4. The number of hydrogen-bond donors (Lipinski definition) is 1. The first-order chi connectivity index (χ1) is 14.0. The van der Waals surface area contributed by atoms with Crippen molar-refractivity contribution in [3.8, 4) is 5.75 Å². The zero-order chi connectivity index (χ0) is 20.5. The van der Waals surface area contributed by atoms with Crippen molar-refractivity contribution in [2.24, 2.45) is 0 Å². The van der Waals surface area contributed by atoms with Crippen molar-refractivity contribution in [1.29, 1.82) is 0 Å². The summed E-state index contributed by atoms with van der Waals surface area (Å²) in [5.41, 5.74) is 2.56. The Morgan fingerprint density at radius 3 is 2.38 bits per heavy atom. The lowest BCUT2D eigenvalue weighted by molar-refractivity contribution is -0.141. The SMILES string of the molecule is COc1ccc(/C(O)=C2/C(=O)C(=O)N(C3CCCC3)C2c2cccc(C)c2)cc1. The number of methoxy groups -OCH3 is 1. The summed E-state index contributed by atoms with van der Waals surface area (Å²) in [5.74, 6) is -0.614. The summed E-state index contributed by atoms with van der Waals surface area (Å²) in [4.78, 5) is 27.8. The molecule has 150 valence electrons. The first-order valence-corrected chi connectivity index (χ1v) is 10.0. The number of aryl methyl sites for hydroxylation is 1. The van der Waals surface area contributed by atoms with E-state index in [1.807, 2.05) is 31.2 Å². The Bertz CT molecular complexity index is 971. The predicted octanol–water partition coefficient (Wildman–Crippen LogP) is 4.37. The summed E-state index contributed by atoms with van der Waals surface area (Å²) >= 11 is 0. The van der Waals surface area contributed by atoms with E-state index in [4.69, 9.17) is 4.74 Å². The van der Waals surface area contributed by atoms with Crippen LogP contribution in [-0.4, -0.2) is 34.8 Å². The Morgan fingerprint density at radius 2 is 1.76 bits per heavy atom. The molecule has 1 saturated heterocycles. The van der Waals surface area contributed by atoms with Crippen LogP contribution in [-0.2, 0) is 9.59 Å². The summed E-state index contributed by atoms with van der Waals surface area (Å²) in [7, 11) is 1.57. The van der Waals surface area contributed by atoms with E-state index in [2.05, 4.69) is 0 Å². The number of amides is 1. The van der Waals surface area contributed by atoms with E-state index in [9.17, 15) is 14.7 Å². The van der Waals surface area contributed by atoms with Gasteiger partial charge in [-0.1, -0.05) is 42.7 Å². The van der Waals surface area contributed by atoms with E-state index in [-0.39, 0.29) is 17.4 Å². The van der Waals surface area contributed by atoms with Crippen LogP contribution in [0, 0.1) is 6.92 Å². The second-order valence-electron chi connectivity index (χ2n) is 7.79. The Hall–Kier alpha value is -3.08. The molecular formula is C24H25NO4. The van der Waals surface area contributed by atoms with Crippen LogP contribution in [0.5, 0.6) is 5.75 Å². The average molecular weight is 391 g/mol. The highest BCUT2D eigenvalue weighted by Gasteiger charge is 2.49. The van der Waals surface area contributed by atoms with Gasteiger partial charge in [-0.25, -0.2) is 0 Å². The Morgan fingerprint density at radius 1 is 1.07 bits per heavy atom. The normalized spacial score (nSPS) is 21.7. The molecule has 1 saturated carbocycles. The second-order valence-corrected chi connectivity index (χ2v) is 7.79. The van der Waals surface area contributed by atoms with Gasteiger partial charge in [0.1, 0.15) is 11.5 Å². The fourth-order valence-electron chi connectivity index (χ4n) is 4.48. The number of rotatable bonds is 4. The van der Waals surface area contributed by atoms with Gasteiger partial charge in [0.2, 0.25) is 0 Å². The van der Waals surface area contributed by atoms with Crippen molar-refractivity contribution in [2.45, 2.75) is 44.7 Å². The van der Waals surface area contributed by atoms with Crippen LogP contribution >= 0.6 is 0 Å². The molecule has 2 aromatic carbocycles. The smallest absolute Gasteiger partial charge is 0.295 e. The molecule has 29 heavy (non-hydrogen) atoms. The van der Waals surface area contributed by atoms with Gasteiger partial charge in [0.15, 0.2) is 0 Å². The molecule has 2 aromatic rings. The zero-order valence-corrected chi connectivity index (χ0v) is 16.7. The number of benzene rings is 2. The van der Waals surface area contributed by atoms with Crippen LogP contribution in [0.15, 0.2) is 54.1 Å². The summed E-state index contributed by atoms with van der Waals surface area (Å²) in [6.45, 7) is 1.98. The second kappa shape index (κ2) is 7.74. The lowest BCUT2D eigenvalue weighted by Crippen LogP contribution is -2.37. The zero-order valence-electron chi connectivity index (χ0n) is 16.7. The first-order valence-electron chi connectivity index (χ1n) is 10.0. The van der Waals surface area contributed by atoms with Gasteiger partial charge in [-0.3, -0.25) is 9.59 Å². The number of ketones is 1. The highest BCUT2D eigenvalue weighted by Crippen LogP contribution is 2.43. The molecule has 1 aliphatic carbocycles. The van der Waals surface area contributed by atoms with E-state index in [1.165, 1.54) is 0 Å². The van der Waals surface area contributed by atoms with Crippen molar-refractivity contribution in [3.63, 3.8) is 0 Å². The maximum Gasteiger partial charge on any atom is 0.295 e. The van der Waals surface area contributed by atoms with Crippen LogP contribution in [0.1, 0.15) is 48.4 Å². The summed E-state index contributed by atoms with van der Waals surface area (Å²) in [6, 6.07) is 14.1. The van der Waals surface area contributed by atoms with Gasteiger partial charge in [0, 0.05) is 11.6 Å². The molecular weight excluding hydrogens is 366 g/mol. The monoisotopic (exact) mass is 391 g/mol. The minimum atomic E-state index is -0.614. The fourth-order valence-corrected chi connectivity index (χ4v) is 4.48. The van der Waals surface area contributed by atoms with Gasteiger partial charge in [0.05, 0.1) is 18.7 Å². The summed E-state index contributed by atoms with van der Waals surface area (Å²) < 4.78 is 5.17. The van der Waals surface area contributed by atoms with Gasteiger partial charge >= 0.3 is 0 Å². The quantitative estimate of drug-likeness (QED) is 0.477. The van der Waals surface area contributed by atoms with E-state index >= 15 is 0 Å². The first kappa shape index (κ1) is 19.2. The molecule has 5 nitrogen and oxygen atoms in total. The summed E-state index contributed by atoms with van der Waals surface area (Å²) in [5, 5.41) is 11.1. The number of likely N-dealkylation sites (tertiary alicyclic amines) is 1. The Labute approximate surface area is 170 Å². The largest absolute Gasteiger partial charge is 0.507 e. The average Bonchev–Trinajstić information content (AvgIpc) is 3.34. The van der Waals surface area contributed by atoms with Gasteiger partial charge in [-0.2, -0.15) is 0 Å². The molecule has 2 aliphatic rings. The highest BCUT2D eigenvalue weighted by atomic mass is 16.5. The summed E-state index contributed by atoms with van der Waals surface area (Å²) in [6.07, 6.45) is 3.87. The van der Waals surface area contributed by atoms with E-state index in [0.29, 0.717) is 11.3 Å². The van der Waals surface area contributed by atoms with Gasteiger partial charge < -0.3 is 14.7 Å². The van der Waals surface area contributed by atoms with Gasteiger partial charge in [-0.05, 0) is 49.6 Å². The number of carbonyl (C=O) groups is 2. The van der Waals surface area contributed by atoms with Crippen molar-refractivity contribution < 1.29 is 19.4 Å². The molecule has 1 heterocycles. The maximum atomic E-state index is 13.0. The van der Waals surface area contributed by atoms with Crippen molar-refractivity contribution in [2.75, 3.05) is 7.11 Å². The number of ether oxygens (including phenoxy) is 1. The number of aliphatic hydroxyl groups is 1. The molecule has 5 heteroatoms. The molecule has 0 aromatic heterocycles. The molecule has 2 fully saturated rings. The van der Waals surface area contributed by atoms with Gasteiger partial charge in [0.25, 0.3) is 11.7 Å². The van der Waals surface area contributed by atoms with E-state index in [0.717, 1.165) is 36.8 Å². The lowest BCUT2D eigenvalue weighted by atomic mass is 9.94. The molecule has 1 amide bonds. The number of carbonyl (C=O) groups excluding carboxylic acids is 2. The maximum absolute atomic E-state index is 13.0. The number of nitrogens with zero attached hydrogens (tertiary/aromatic N) is 1. The lowest BCUT2D eigenvalue weighted by Gasteiger charge is -2.31. The molecule has 1 aliphatic heterocycles. The third-order valence-corrected chi connectivity index (χ3v) is 5.92. The number of aliphatic hydroxyl groups excluding tert-OH is 1. The topological polar surface area (TPSA) is 66.8 Å². The Balaban J connectivity index is 1.87. The molecule has 4 rings (SSSR count).